The van der Waals surface area contributed by atoms with Crippen LogP contribution in [0.2, 0.25) is 5.02 Å². The Morgan fingerprint density at radius 1 is 1.20 bits per heavy atom. The van der Waals surface area contributed by atoms with Crippen molar-refractivity contribution in [2.75, 3.05) is 0 Å². The standard InChI is InChI=1S/C21H16ClF3N4O/c22-13-10-27-20(28-11-13)30-17-5-1-4-16-18(17)14(3-2-8-21(23,24)25)15(9-26)19(29-16)12-6-7-12/h1,4-5,10-12H,2-3,6-8H2. The Hall–Kier alpha value is -2.92. The van der Waals surface area contributed by atoms with Crippen LogP contribution in [0, 0.1) is 11.3 Å². The fourth-order valence-electron chi connectivity index (χ4n) is 3.41. The molecule has 0 bridgehead atoms. The zero-order valence-electron chi connectivity index (χ0n) is 15.7. The van der Waals surface area contributed by atoms with Gasteiger partial charge in [0.1, 0.15) is 11.8 Å². The number of hydrogen-bond donors (Lipinski definition) is 0. The highest BCUT2D eigenvalue weighted by atomic mass is 35.5. The van der Waals surface area contributed by atoms with Crippen molar-refractivity contribution in [1.29, 1.82) is 5.26 Å². The Morgan fingerprint density at radius 2 is 1.93 bits per heavy atom. The Labute approximate surface area is 175 Å². The highest BCUT2D eigenvalue weighted by Gasteiger charge is 2.31. The van der Waals surface area contributed by atoms with Gasteiger partial charge in [0.25, 0.3) is 0 Å². The number of aryl methyl sites for hydroxylation is 1. The normalized spacial score (nSPS) is 14.0. The maximum Gasteiger partial charge on any atom is 0.389 e. The number of nitrogens with zero attached hydrogens (tertiary/aromatic N) is 4. The van der Waals surface area contributed by atoms with Crippen LogP contribution in [0.1, 0.15) is 48.4 Å². The zero-order valence-corrected chi connectivity index (χ0v) is 16.5. The van der Waals surface area contributed by atoms with Gasteiger partial charge in [0.2, 0.25) is 0 Å². The minimum absolute atomic E-state index is 0.0397. The average Bonchev–Trinajstić information content (AvgIpc) is 3.53. The number of pyridine rings is 1. The molecule has 0 spiro atoms. The first kappa shape index (κ1) is 20.4. The summed E-state index contributed by atoms with van der Waals surface area (Å²) >= 11 is 5.80. The summed E-state index contributed by atoms with van der Waals surface area (Å²) in [5.41, 5.74) is 2.11. The molecule has 2 aromatic heterocycles. The quantitative estimate of drug-likeness (QED) is 0.470. The van der Waals surface area contributed by atoms with E-state index in [2.05, 4.69) is 21.0 Å². The van der Waals surface area contributed by atoms with E-state index in [9.17, 15) is 18.4 Å². The largest absolute Gasteiger partial charge is 0.424 e. The predicted molar refractivity (Wildman–Crippen MR) is 105 cm³/mol. The molecule has 1 aliphatic carbocycles. The molecule has 5 nitrogen and oxygen atoms in total. The molecule has 0 saturated heterocycles. The summed E-state index contributed by atoms with van der Waals surface area (Å²) in [5, 5.41) is 10.7. The van der Waals surface area contributed by atoms with Crippen LogP contribution in [0.25, 0.3) is 10.9 Å². The number of halogens is 4. The Bertz CT molecular complexity index is 1120. The van der Waals surface area contributed by atoms with Crippen LogP contribution < -0.4 is 4.74 Å². The molecule has 9 heteroatoms. The van der Waals surface area contributed by atoms with E-state index in [1.165, 1.54) is 12.4 Å². The van der Waals surface area contributed by atoms with E-state index in [1.54, 1.807) is 18.2 Å². The van der Waals surface area contributed by atoms with Gasteiger partial charge in [-0.25, -0.2) is 9.97 Å². The van der Waals surface area contributed by atoms with Crippen LogP contribution in [-0.2, 0) is 6.42 Å². The van der Waals surface area contributed by atoms with E-state index < -0.39 is 12.6 Å². The molecule has 1 saturated carbocycles. The van der Waals surface area contributed by atoms with Gasteiger partial charge in [0.05, 0.1) is 34.2 Å². The molecule has 1 fully saturated rings. The smallest absolute Gasteiger partial charge is 0.389 e. The zero-order chi connectivity index (χ0) is 21.3. The summed E-state index contributed by atoms with van der Waals surface area (Å²) in [6, 6.07) is 7.38. The van der Waals surface area contributed by atoms with Gasteiger partial charge in [-0.1, -0.05) is 17.7 Å². The molecule has 0 unspecified atom stereocenters. The van der Waals surface area contributed by atoms with Crippen molar-refractivity contribution in [2.45, 2.75) is 44.2 Å². The third-order valence-electron chi connectivity index (χ3n) is 4.87. The van der Waals surface area contributed by atoms with Gasteiger partial charge >= 0.3 is 12.2 Å². The van der Waals surface area contributed by atoms with Gasteiger partial charge in [0.15, 0.2) is 0 Å². The molecule has 2 heterocycles. The van der Waals surface area contributed by atoms with E-state index in [0.29, 0.717) is 38.5 Å². The van der Waals surface area contributed by atoms with E-state index in [4.69, 9.17) is 16.3 Å². The van der Waals surface area contributed by atoms with Gasteiger partial charge in [-0.15, -0.1) is 0 Å². The van der Waals surface area contributed by atoms with Crippen molar-refractivity contribution in [1.82, 2.24) is 15.0 Å². The minimum atomic E-state index is -4.26. The second-order valence-corrected chi connectivity index (χ2v) is 7.58. The van der Waals surface area contributed by atoms with Crippen molar-refractivity contribution >= 4 is 22.5 Å². The molecule has 1 aliphatic rings. The van der Waals surface area contributed by atoms with Crippen molar-refractivity contribution in [2.24, 2.45) is 0 Å². The highest BCUT2D eigenvalue weighted by Crippen LogP contribution is 2.44. The van der Waals surface area contributed by atoms with E-state index in [1.807, 2.05) is 0 Å². The van der Waals surface area contributed by atoms with Crippen LogP contribution in [0.15, 0.2) is 30.6 Å². The van der Waals surface area contributed by atoms with Crippen molar-refractivity contribution in [3.63, 3.8) is 0 Å². The predicted octanol–water partition coefficient (Wildman–Crippen LogP) is 6.10. The number of hydrogen-bond acceptors (Lipinski definition) is 5. The van der Waals surface area contributed by atoms with Crippen molar-refractivity contribution < 1.29 is 17.9 Å². The monoisotopic (exact) mass is 432 g/mol. The van der Waals surface area contributed by atoms with Crippen LogP contribution in [0.4, 0.5) is 13.2 Å². The number of rotatable bonds is 6. The number of benzene rings is 1. The van der Waals surface area contributed by atoms with Gasteiger partial charge in [-0.3, -0.25) is 4.98 Å². The second kappa shape index (κ2) is 8.07. The fraction of sp³-hybridized carbons (Fsp3) is 0.333. The van der Waals surface area contributed by atoms with Crippen LogP contribution in [-0.4, -0.2) is 21.1 Å². The third kappa shape index (κ3) is 4.46. The lowest BCUT2D eigenvalue weighted by molar-refractivity contribution is -0.135. The van der Waals surface area contributed by atoms with Crippen LogP contribution in [0.5, 0.6) is 11.8 Å². The summed E-state index contributed by atoms with van der Waals surface area (Å²) in [4.78, 5) is 12.7. The molecule has 0 N–H and O–H groups in total. The lowest BCUT2D eigenvalue weighted by Crippen LogP contribution is -2.09. The molecular formula is C21H16ClF3N4O. The van der Waals surface area contributed by atoms with Gasteiger partial charge in [-0.2, -0.15) is 18.4 Å². The Kier molecular flexibility index (Phi) is 5.48. The van der Waals surface area contributed by atoms with Crippen molar-refractivity contribution in [3.8, 4) is 17.8 Å². The average molecular weight is 433 g/mol. The lowest BCUT2D eigenvalue weighted by atomic mass is 9.94. The molecule has 4 rings (SSSR count). The first-order chi connectivity index (χ1) is 14.4. The third-order valence-corrected chi connectivity index (χ3v) is 5.06. The minimum Gasteiger partial charge on any atom is -0.424 e. The van der Waals surface area contributed by atoms with E-state index in [-0.39, 0.29) is 24.8 Å². The van der Waals surface area contributed by atoms with Gasteiger partial charge in [-0.05, 0) is 43.4 Å². The molecule has 30 heavy (non-hydrogen) atoms. The number of alkyl halides is 3. The van der Waals surface area contributed by atoms with Gasteiger partial charge < -0.3 is 4.74 Å². The Balaban J connectivity index is 1.82. The molecule has 3 aromatic rings. The second-order valence-electron chi connectivity index (χ2n) is 7.14. The summed E-state index contributed by atoms with van der Waals surface area (Å²) in [6.45, 7) is 0. The van der Waals surface area contributed by atoms with Crippen LogP contribution >= 0.6 is 11.6 Å². The number of fused-ring (bicyclic) bond motifs is 1. The number of ether oxygens (including phenoxy) is 1. The SMILES string of the molecule is N#Cc1c(C2CC2)nc2cccc(Oc3ncc(Cl)cn3)c2c1CCCC(F)(F)F. The molecule has 0 amide bonds. The van der Waals surface area contributed by atoms with Crippen molar-refractivity contribution in [3.05, 3.63) is 52.4 Å². The summed E-state index contributed by atoms with van der Waals surface area (Å²) < 4.78 is 44.0. The number of aromatic nitrogens is 3. The summed E-state index contributed by atoms with van der Waals surface area (Å²) in [5.74, 6) is 0.512. The molecule has 1 aromatic carbocycles. The first-order valence-corrected chi connectivity index (χ1v) is 9.81. The van der Waals surface area contributed by atoms with E-state index >= 15 is 0 Å². The molecule has 0 radical (unpaired) electrons. The van der Waals surface area contributed by atoms with Gasteiger partial charge in [0, 0.05) is 17.7 Å². The van der Waals surface area contributed by atoms with E-state index in [0.717, 1.165) is 12.8 Å². The molecular weight excluding hydrogens is 417 g/mol. The molecule has 0 atom stereocenters. The maximum absolute atomic E-state index is 12.7. The Morgan fingerprint density at radius 3 is 2.57 bits per heavy atom. The fourth-order valence-corrected chi connectivity index (χ4v) is 3.51. The first-order valence-electron chi connectivity index (χ1n) is 9.43. The van der Waals surface area contributed by atoms with Crippen LogP contribution in [0.3, 0.4) is 0 Å². The lowest BCUT2D eigenvalue weighted by Gasteiger charge is -2.16. The maximum atomic E-state index is 12.7. The molecule has 0 aliphatic heterocycles. The summed E-state index contributed by atoms with van der Waals surface area (Å²) in [6.07, 6.45) is -0.633. The topological polar surface area (TPSA) is 71.7 Å². The highest BCUT2D eigenvalue weighted by molar-refractivity contribution is 6.30. The molecule has 154 valence electrons. The number of nitriles is 1. The summed E-state index contributed by atoms with van der Waals surface area (Å²) in [7, 11) is 0.